The Bertz CT molecular complexity index is 640. The van der Waals surface area contributed by atoms with Gasteiger partial charge in [-0.2, -0.15) is 5.26 Å². The Labute approximate surface area is 132 Å². The first-order valence-corrected chi connectivity index (χ1v) is 7.28. The highest BCUT2D eigenvalue weighted by Crippen LogP contribution is 2.21. The Balaban J connectivity index is 1.81. The molecule has 0 aliphatic rings. The molecule has 0 heterocycles. The summed E-state index contributed by atoms with van der Waals surface area (Å²) in [5, 5.41) is 21.9. The number of anilines is 1. The van der Waals surface area contributed by atoms with Crippen LogP contribution in [0.5, 0.6) is 5.75 Å². The van der Waals surface area contributed by atoms with E-state index in [4.69, 9.17) is 10.00 Å². The van der Waals surface area contributed by atoms with E-state index in [2.05, 4.69) is 21.2 Å². The Kier molecular flexibility index (Phi) is 5.61. The summed E-state index contributed by atoms with van der Waals surface area (Å²) < 4.78 is 6.42. The summed E-state index contributed by atoms with van der Waals surface area (Å²) in [7, 11) is 0. The van der Waals surface area contributed by atoms with Crippen molar-refractivity contribution in [2.45, 2.75) is 6.10 Å². The van der Waals surface area contributed by atoms with Gasteiger partial charge < -0.3 is 15.2 Å². The van der Waals surface area contributed by atoms with Crippen molar-refractivity contribution in [3.63, 3.8) is 0 Å². The van der Waals surface area contributed by atoms with E-state index in [0.717, 1.165) is 10.2 Å². The Hall–Kier alpha value is -2.03. The number of para-hydroxylation sites is 1. The first-order valence-electron chi connectivity index (χ1n) is 6.48. The summed E-state index contributed by atoms with van der Waals surface area (Å²) in [5.74, 6) is 0.578. The number of aliphatic hydroxyl groups excluding tert-OH is 1. The number of benzene rings is 2. The van der Waals surface area contributed by atoms with Crippen LogP contribution >= 0.6 is 15.9 Å². The van der Waals surface area contributed by atoms with Gasteiger partial charge in [0.25, 0.3) is 0 Å². The van der Waals surface area contributed by atoms with Gasteiger partial charge in [-0.3, -0.25) is 0 Å². The Morgan fingerprint density at radius 1 is 1.24 bits per heavy atom. The third kappa shape index (κ3) is 4.78. The monoisotopic (exact) mass is 346 g/mol. The molecular formula is C16H15BrN2O2. The van der Waals surface area contributed by atoms with Crippen LogP contribution in [0.3, 0.4) is 0 Å². The molecule has 108 valence electrons. The molecule has 0 radical (unpaired) electrons. The van der Waals surface area contributed by atoms with Crippen molar-refractivity contribution in [3.05, 3.63) is 58.6 Å². The molecule has 0 saturated carbocycles. The fraction of sp³-hybridized carbons (Fsp3) is 0.188. The van der Waals surface area contributed by atoms with Gasteiger partial charge in [0, 0.05) is 16.7 Å². The minimum atomic E-state index is -0.650. The summed E-state index contributed by atoms with van der Waals surface area (Å²) in [4.78, 5) is 0. The van der Waals surface area contributed by atoms with E-state index >= 15 is 0 Å². The molecule has 0 aliphatic heterocycles. The highest BCUT2D eigenvalue weighted by atomic mass is 79.9. The smallest absolute Gasteiger partial charge is 0.120 e. The van der Waals surface area contributed by atoms with Crippen molar-refractivity contribution >= 4 is 21.6 Å². The largest absolute Gasteiger partial charge is 0.491 e. The second-order valence-corrected chi connectivity index (χ2v) is 5.32. The van der Waals surface area contributed by atoms with Gasteiger partial charge in [0.15, 0.2) is 0 Å². The second kappa shape index (κ2) is 7.67. The Morgan fingerprint density at radius 2 is 2.05 bits per heavy atom. The quantitative estimate of drug-likeness (QED) is 0.842. The van der Waals surface area contributed by atoms with Gasteiger partial charge in [0.2, 0.25) is 0 Å². The molecule has 5 heteroatoms. The highest BCUT2D eigenvalue weighted by Gasteiger charge is 2.07. The molecular weight excluding hydrogens is 332 g/mol. The summed E-state index contributed by atoms with van der Waals surface area (Å²) >= 11 is 3.43. The second-order valence-electron chi connectivity index (χ2n) is 4.47. The summed E-state index contributed by atoms with van der Waals surface area (Å²) in [5.41, 5.74) is 1.45. The van der Waals surface area contributed by atoms with Crippen LogP contribution in [0.25, 0.3) is 0 Å². The standard InChI is InChI=1S/C16H15BrN2O2/c17-15-6-1-2-7-16(15)19-10-13(20)11-21-14-5-3-4-12(8-14)9-18/h1-8,13,19-20H,10-11H2. The lowest BCUT2D eigenvalue weighted by Crippen LogP contribution is -2.26. The molecule has 2 N–H and O–H groups in total. The molecule has 21 heavy (non-hydrogen) atoms. The summed E-state index contributed by atoms with van der Waals surface area (Å²) in [6.07, 6.45) is -0.650. The molecule has 1 atom stereocenters. The van der Waals surface area contributed by atoms with Crippen LogP contribution in [0.4, 0.5) is 5.69 Å². The third-order valence-electron chi connectivity index (χ3n) is 2.81. The van der Waals surface area contributed by atoms with Gasteiger partial charge in [0.1, 0.15) is 18.5 Å². The maximum atomic E-state index is 9.92. The number of nitrogens with zero attached hydrogens (tertiary/aromatic N) is 1. The molecule has 0 aromatic heterocycles. The number of hydrogen-bond donors (Lipinski definition) is 2. The van der Waals surface area contributed by atoms with E-state index in [0.29, 0.717) is 17.9 Å². The lowest BCUT2D eigenvalue weighted by Gasteiger charge is -2.15. The van der Waals surface area contributed by atoms with Crippen LogP contribution in [0.1, 0.15) is 5.56 Å². The van der Waals surface area contributed by atoms with Gasteiger partial charge in [-0.15, -0.1) is 0 Å². The minimum Gasteiger partial charge on any atom is -0.491 e. The molecule has 0 amide bonds. The average molecular weight is 347 g/mol. The van der Waals surface area contributed by atoms with Crippen molar-refractivity contribution in [2.75, 3.05) is 18.5 Å². The average Bonchev–Trinajstić information content (AvgIpc) is 2.52. The van der Waals surface area contributed by atoms with E-state index in [1.807, 2.05) is 30.3 Å². The van der Waals surface area contributed by atoms with Crippen LogP contribution in [0.15, 0.2) is 53.0 Å². The van der Waals surface area contributed by atoms with Gasteiger partial charge >= 0.3 is 0 Å². The van der Waals surface area contributed by atoms with E-state index in [9.17, 15) is 5.11 Å². The number of rotatable bonds is 6. The minimum absolute atomic E-state index is 0.159. The fourth-order valence-corrected chi connectivity index (χ4v) is 2.16. The maximum Gasteiger partial charge on any atom is 0.120 e. The van der Waals surface area contributed by atoms with E-state index in [-0.39, 0.29) is 6.61 Å². The van der Waals surface area contributed by atoms with E-state index in [1.165, 1.54) is 0 Å². The molecule has 1 unspecified atom stereocenters. The normalized spacial score (nSPS) is 11.5. The van der Waals surface area contributed by atoms with Crippen LogP contribution in [0, 0.1) is 11.3 Å². The van der Waals surface area contributed by atoms with E-state index in [1.54, 1.807) is 24.3 Å². The zero-order chi connectivity index (χ0) is 15.1. The summed E-state index contributed by atoms with van der Waals surface area (Å²) in [6, 6.07) is 16.6. The number of halogens is 1. The van der Waals surface area contributed by atoms with Gasteiger partial charge in [0.05, 0.1) is 11.6 Å². The molecule has 2 rings (SSSR count). The highest BCUT2D eigenvalue weighted by molar-refractivity contribution is 9.10. The van der Waals surface area contributed by atoms with Crippen molar-refractivity contribution in [3.8, 4) is 11.8 Å². The van der Waals surface area contributed by atoms with Crippen LogP contribution in [-0.2, 0) is 0 Å². The molecule has 0 bridgehead atoms. The predicted octanol–water partition coefficient (Wildman–Crippen LogP) is 3.17. The van der Waals surface area contributed by atoms with Gasteiger partial charge in [-0.25, -0.2) is 0 Å². The van der Waals surface area contributed by atoms with E-state index < -0.39 is 6.10 Å². The lowest BCUT2D eigenvalue weighted by molar-refractivity contribution is 0.117. The van der Waals surface area contributed by atoms with Crippen molar-refractivity contribution < 1.29 is 9.84 Å². The summed E-state index contributed by atoms with van der Waals surface area (Å²) in [6.45, 7) is 0.535. The first-order chi connectivity index (χ1) is 10.2. The van der Waals surface area contributed by atoms with Gasteiger partial charge in [-0.05, 0) is 46.3 Å². The zero-order valence-corrected chi connectivity index (χ0v) is 12.9. The lowest BCUT2D eigenvalue weighted by atomic mass is 10.2. The molecule has 2 aromatic rings. The molecule has 4 nitrogen and oxygen atoms in total. The van der Waals surface area contributed by atoms with Crippen LogP contribution < -0.4 is 10.1 Å². The fourth-order valence-electron chi connectivity index (χ4n) is 1.74. The SMILES string of the molecule is N#Cc1cccc(OCC(O)CNc2ccccc2Br)c1. The number of nitriles is 1. The van der Waals surface area contributed by atoms with Crippen molar-refractivity contribution in [1.82, 2.24) is 0 Å². The first kappa shape index (κ1) is 15.4. The molecule has 0 spiro atoms. The maximum absolute atomic E-state index is 9.92. The number of hydrogen-bond acceptors (Lipinski definition) is 4. The predicted molar refractivity (Wildman–Crippen MR) is 85.3 cm³/mol. The zero-order valence-electron chi connectivity index (χ0n) is 11.3. The Morgan fingerprint density at radius 3 is 2.81 bits per heavy atom. The third-order valence-corrected chi connectivity index (χ3v) is 3.50. The molecule has 0 fully saturated rings. The van der Waals surface area contributed by atoms with Crippen molar-refractivity contribution in [2.24, 2.45) is 0 Å². The molecule has 0 aliphatic carbocycles. The van der Waals surface area contributed by atoms with Crippen molar-refractivity contribution in [1.29, 1.82) is 5.26 Å². The number of ether oxygens (including phenoxy) is 1. The number of aliphatic hydroxyl groups is 1. The topological polar surface area (TPSA) is 65.3 Å². The number of nitrogens with one attached hydrogen (secondary N) is 1. The van der Waals surface area contributed by atoms with Crippen LogP contribution in [-0.4, -0.2) is 24.4 Å². The molecule has 2 aromatic carbocycles. The van der Waals surface area contributed by atoms with Crippen LogP contribution in [0.2, 0.25) is 0 Å². The molecule has 0 saturated heterocycles. The van der Waals surface area contributed by atoms with Gasteiger partial charge in [-0.1, -0.05) is 18.2 Å².